The number of nitrogens with zero attached hydrogens (tertiary/aromatic N) is 1. The van der Waals surface area contributed by atoms with E-state index in [1.807, 2.05) is 6.07 Å². The third-order valence-corrected chi connectivity index (χ3v) is 4.31. The molecular formula is C19H24N2. The Hall–Kier alpha value is -1.80. The van der Waals surface area contributed by atoms with Crippen LogP contribution in [0.1, 0.15) is 43.0 Å². The van der Waals surface area contributed by atoms with Crippen LogP contribution >= 0.6 is 0 Å². The molecule has 0 aliphatic carbocycles. The summed E-state index contributed by atoms with van der Waals surface area (Å²) < 4.78 is 0. The number of nitrogens with two attached hydrogens (primary N) is 1. The first-order valence-electron chi connectivity index (χ1n) is 7.61. The molecule has 0 saturated carbocycles. The van der Waals surface area contributed by atoms with E-state index >= 15 is 0 Å². The molecule has 2 aromatic rings. The highest BCUT2D eigenvalue weighted by Crippen LogP contribution is 2.29. The number of hydrogen-bond acceptors (Lipinski definition) is 2. The van der Waals surface area contributed by atoms with Crippen molar-refractivity contribution in [3.8, 4) is 0 Å². The number of fused-ring (bicyclic) bond motifs is 1. The average molecular weight is 280 g/mol. The van der Waals surface area contributed by atoms with E-state index in [9.17, 15) is 0 Å². The molecule has 1 aliphatic rings. The fourth-order valence-electron chi connectivity index (χ4n) is 3.00. The maximum Gasteiger partial charge on any atom is 0.0363 e. The molecule has 2 N–H and O–H groups in total. The summed E-state index contributed by atoms with van der Waals surface area (Å²) >= 11 is 0. The molecule has 2 nitrogen and oxygen atoms in total. The topological polar surface area (TPSA) is 29.3 Å². The third kappa shape index (κ3) is 2.96. The Balaban J connectivity index is 1.71. The van der Waals surface area contributed by atoms with Gasteiger partial charge in [-0.25, -0.2) is 0 Å². The molecule has 110 valence electrons. The van der Waals surface area contributed by atoms with Crippen molar-refractivity contribution in [2.45, 2.75) is 45.8 Å². The van der Waals surface area contributed by atoms with E-state index < -0.39 is 0 Å². The molecule has 0 saturated heterocycles. The molecule has 2 aromatic carbocycles. The fraction of sp³-hybridized carbons (Fsp3) is 0.368. The minimum atomic E-state index is 0.219. The van der Waals surface area contributed by atoms with E-state index in [1.54, 1.807) is 0 Å². The van der Waals surface area contributed by atoms with Gasteiger partial charge in [-0.15, -0.1) is 0 Å². The highest BCUT2D eigenvalue weighted by Gasteiger charge is 2.20. The maximum atomic E-state index is 6.07. The predicted octanol–water partition coefficient (Wildman–Crippen LogP) is 4.08. The van der Waals surface area contributed by atoms with Gasteiger partial charge >= 0.3 is 0 Å². The number of benzene rings is 2. The monoisotopic (exact) mass is 280 g/mol. The lowest BCUT2D eigenvalue weighted by atomic mass is 9.87. The Bertz CT molecular complexity index is 636. The summed E-state index contributed by atoms with van der Waals surface area (Å²) in [5, 5.41) is 0. The van der Waals surface area contributed by atoms with Gasteiger partial charge in [-0.2, -0.15) is 0 Å². The second-order valence-corrected chi connectivity index (χ2v) is 7.08. The molecule has 0 spiro atoms. The van der Waals surface area contributed by atoms with Gasteiger partial charge in [0.25, 0.3) is 0 Å². The minimum Gasteiger partial charge on any atom is -0.398 e. The lowest BCUT2D eigenvalue weighted by molar-refractivity contribution is 0.275. The molecule has 1 heterocycles. The molecule has 0 unspecified atom stereocenters. The molecule has 0 atom stereocenters. The van der Waals surface area contributed by atoms with E-state index in [1.165, 1.54) is 22.3 Å². The van der Waals surface area contributed by atoms with Crippen molar-refractivity contribution >= 4 is 5.69 Å². The number of rotatable bonds is 2. The molecule has 0 aromatic heterocycles. The average Bonchev–Trinajstić information content (AvgIpc) is 2.82. The van der Waals surface area contributed by atoms with E-state index in [0.29, 0.717) is 0 Å². The molecule has 0 fully saturated rings. The molecule has 0 amide bonds. The van der Waals surface area contributed by atoms with Gasteiger partial charge in [0.05, 0.1) is 0 Å². The van der Waals surface area contributed by atoms with Crippen LogP contribution in [0.25, 0.3) is 0 Å². The van der Waals surface area contributed by atoms with Crippen molar-refractivity contribution < 1.29 is 0 Å². The van der Waals surface area contributed by atoms with Crippen molar-refractivity contribution in [2.75, 3.05) is 5.73 Å². The second kappa shape index (κ2) is 5.19. The zero-order valence-electron chi connectivity index (χ0n) is 13.2. The molecule has 1 aliphatic heterocycles. The van der Waals surface area contributed by atoms with Gasteiger partial charge in [0.1, 0.15) is 0 Å². The van der Waals surface area contributed by atoms with Crippen LogP contribution < -0.4 is 5.73 Å². The van der Waals surface area contributed by atoms with Crippen molar-refractivity contribution in [3.05, 3.63) is 64.7 Å². The third-order valence-electron chi connectivity index (χ3n) is 4.31. The summed E-state index contributed by atoms with van der Waals surface area (Å²) in [5.41, 5.74) is 12.7. The summed E-state index contributed by atoms with van der Waals surface area (Å²) in [7, 11) is 0. The summed E-state index contributed by atoms with van der Waals surface area (Å²) in [5.74, 6) is 0. The zero-order valence-corrected chi connectivity index (χ0v) is 13.2. The summed E-state index contributed by atoms with van der Waals surface area (Å²) in [6.07, 6.45) is 0. The number of hydrogen-bond donors (Lipinski definition) is 1. The van der Waals surface area contributed by atoms with Crippen LogP contribution in [-0.2, 0) is 25.0 Å². The Morgan fingerprint density at radius 2 is 1.71 bits per heavy atom. The first-order valence-corrected chi connectivity index (χ1v) is 7.61. The van der Waals surface area contributed by atoms with E-state index in [0.717, 1.165) is 25.3 Å². The molecule has 3 rings (SSSR count). The Kier molecular flexibility index (Phi) is 3.50. The fourth-order valence-corrected chi connectivity index (χ4v) is 3.00. The predicted molar refractivity (Wildman–Crippen MR) is 88.9 cm³/mol. The van der Waals surface area contributed by atoms with Crippen molar-refractivity contribution in [3.63, 3.8) is 0 Å². The van der Waals surface area contributed by atoms with Crippen LogP contribution in [0.2, 0.25) is 0 Å². The molecule has 0 bridgehead atoms. The lowest BCUT2D eigenvalue weighted by Crippen LogP contribution is -2.16. The van der Waals surface area contributed by atoms with Crippen molar-refractivity contribution in [1.82, 2.24) is 4.90 Å². The van der Waals surface area contributed by atoms with Gasteiger partial charge in [0.2, 0.25) is 0 Å². The number of anilines is 1. The highest BCUT2D eigenvalue weighted by atomic mass is 15.1. The lowest BCUT2D eigenvalue weighted by Gasteiger charge is -2.20. The molecule has 2 heteroatoms. The first kappa shape index (κ1) is 14.2. The van der Waals surface area contributed by atoms with Crippen LogP contribution in [0.15, 0.2) is 42.5 Å². The summed E-state index contributed by atoms with van der Waals surface area (Å²) in [6, 6.07) is 15.3. The highest BCUT2D eigenvalue weighted by molar-refractivity contribution is 5.52. The van der Waals surface area contributed by atoms with Gasteiger partial charge < -0.3 is 5.73 Å². The SMILES string of the molecule is CC(C)(C)c1ccc(CN2Cc3cccc(N)c3C2)cc1. The van der Waals surface area contributed by atoms with Gasteiger partial charge in [0.15, 0.2) is 0 Å². The van der Waals surface area contributed by atoms with Gasteiger partial charge in [-0.1, -0.05) is 57.2 Å². The molecule has 21 heavy (non-hydrogen) atoms. The number of nitrogen functional groups attached to an aromatic ring is 1. The van der Waals surface area contributed by atoms with E-state index in [2.05, 4.69) is 62.1 Å². The van der Waals surface area contributed by atoms with Crippen LogP contribution in [0.4, 0.5) is 5.69 Å². The standard InChI is InChI=1S/C19H24N2/c1-19(2,3)16-9-7-14(8-10-16)11-21-12-15-5-4-6-18(20)17(15)13-21/h4-10H,11-13,20H2,1-3H3. The van der Waals surface area contributed by atoms with Crippen molar-refractivity contribution in [1.29, 1.82) is 0 Å². The van der Waals surface area contributed by atoms with Crippen LogP contribution in [0.3, 0.4) is 0 Å². The summed E-state index contributed by atoms with van der Waals surface area (Å²) in [6.45, 7) is 9.70. The van der Waals surface area contributed by atoms with Gasteiger partial charge in [0, 0.05) is 25.3 Å². The smallest absolute Gasteiger partial charge is 0.0363 e. The van der Waals surface area contributed by atoms with Gasteiger partial charge in [-0.05, 0) is 33.7 Å². The van der Waals surface area contributed by atoms with Crippen LogP contribution in [0, 0.1) is 0 Å². The van der Waals surface area contributed by atoms with Crippen molar-refractivity contribution in [2.24, 2.45) is 0 Å². The molecular weight excluding hydrogens is 256 g/mol. The summed E-state index contributed by atoms with van der Waals surface area (Å²) in [4.78, 5) is 2.45. The first-order chi connectivity index (χ1) is 9.93. The largest absolute Gasteiger partial charge is 0.398 e. The van der Waals surface area contributed by atoms with Crippen LogP contribution in [-0.4, -0.2) is 4.90 Å². The van der Waals surface area contributed by atoms with Gasteiger partial charge in [-0.3, -0.25) is 4.90 Å². The van der Waals surface area contributed by atoms with E-state index in [-0.39, 0.29) is 5.41 Å². The Labute approximate surface area is 127 Å². The van der Waals surface area contributed by atoms with E-state index in [4.69, 9.17) is 5.73 Å². The van der Waals surface area contributed by atoms with Crippen LogP contribution in [0.5, 0.6) is 0 Å². The zero-order chi connectivity index (χ0) is 15.0. The minimum absolute atomic E-state index is 0.219. The normalized spacial score (nSPS) is 15.2. The Morgan fingerprint density at radius 3 is 2.33 bits per heavy atom. The second-order valence-electron chi connectivity index (χ2n) is 7.08. The Morgan fingerprint density at radius 1 is 1.00 bits per heavy atom. The molecule has 0 radical (unpaired) electrons. The maximum absolute atomic E-state index is 6.07. The quantitative estimate of drug-likeness (QED) is 0.840.